The molecule has 0 saturated carbocycles. The van der Waals surface area contributed by atoms with Gasteiger partial charge in [0.1, 0.15) is 5.75 Å². The van der Waals surface area contributed by atoms with Gasteiger partial charge in [-0.05, 0) is 39.7 Å². The van der Waals surface area contributed by atoms with Crippen LogP contribution in [0, 0.1) is 0 Å². The third-order valence-corrected chi connectivity index (χ3v) is 4.30. The highest BCUT2D eigenvalue weighted by atomic mass is 79.9. The van der Waals surface area contributed by atoms with Gasteiger partial charge in [-0.25, -0.2) is 4.98 Å². The molecule has 0 bridgehead atoms. The van der Waals surface area contributed by atoms with Gasteiger partial charge in [-0.1, -0.05) is 30.3 Å². The highest BCUT2D eigenvalue weighted by Crippen LogP contribution is 2.25. The Balaban J connectivity index is 1.68. The molecule has 1 aromatic heterocycles. The Hall–Kier alpha value is -2.18. The minimum Gasteiger partial charge on any atom is -0.507 e. The van der Waals surface area contributed by atoms with E-state index in [1.165, 1.54) is 11.3 Å². The molecule has 0 aliphatic rings. The third kappa shape index (κ3) is 3.52. The first-order valence-corrected chi connectivity index (χ1v) is 8.18. The second-order valence-electron chi connectivity index (χ2n) is 4.48. The smallest absolute Gasteiger partial charge is 0.203 e. The zero-order chi connectivity index (χ0) is 15.4. The minimum absolute atomic E-state index is 0.206. The van der Waals surface area contributed by atoms with Crippen molar-refractivity contribution in [1.82, 2.24) is 4.98 Å². The third-order valence-electron chi connectivity index (χ3n) is 2.92. The van der Waals surface area contributed by atoms with E-state index >= 15 is 0 Å². The van der Waals surface area contributed by atoms with E-state index in [-0.39, 0.29) is 5.75 Å². The predicted molar refractivity (Wildman–Crippen MR) is 94.6 cm³/mol. The Bertz CT molecular complexity index is 802. The average molecular weight is 374 g/mol. The second-order valence-corrected chi connectivity index (χ2v) is 6.20. The molecule has 2 N–H and O–H groups in total. The van der Waals surface area contributed by atoms with E-state index in [0.717, 1.165) is 22.0 Å². The molecule has 0 radical (unpaired) electrons. The van der Waals surface area contributed by atoms with Crippen LogP contribution in [-0.4, -0.2) is 16.3 Å². The number of anilines is 1. The van der Waals surface area contributed by atoms with Gasteiger partial charge >= 0.3 is 0 Å². The van der Waals surface area contributed by atoms with E-state index in [1.54, 1.807) is 24.4 Å². The Morgan fingerprint density at radius 1 is 1.18 bits per heavy atom. The first-order valence-electron chi connectivity index (χ1n) is 6.51. The fourth-order valence-corrected chi connectivity index (χ4v) is 2.90. The number of hydrogen-bond donors (Lipinski definition) is 2. The number of nitrogens with one attached hydrogen (secondary N) is 1. The van der Waals surface area contributed by atoms with Crippen molar-refractivity contribution in [3.8, 4) is 17.0 Å². The van der Waals surface area contributed by atoms with E-state index < -0.39 is 0 Å². The number of rotatable bonds is 4. The summed E-state index contributed by atoms with van der Waals surface area (Å²) in [5.74, 6) is 0.206. The van der Waals surface area contributed by atoms with Gasteiger partial charge in [0.2, 0.25) is 5.13 Å². The molecule has 0 atom stereocenters. The number of nitrogens with zero attached hydrogens (tertiary/aromatic N) is 2. The summed E-state index contributed by atoms with van der Waals surface area (Å²) in [6.45, 7) is 0. The van der Waals surface area contributed by atoms with Crippen molar-refractivity contribution in [2.75, 3.05) is 5.43 Å². The Morgan fingerprint density at radius 2 is 2.00 bits per heavy atom. The molecule has 0 aliphatic heterocycles. The molecule has 0 aliphatic carbocycles. The maximum Gasteiger partial charge on any atom is 0.203 e. The number of hydrazone groups is 1. The van der Waals surface area contributed by atoms with Gasteiger partial charge in [-0.3, -0.25) is 5.43 Å². The summed E-state index contributed by atoms with van der Waals surface area (Å²) in [7, 11) is 0. The summed E-state index contributed by atoms with van der Waals surface area (Å²) >= 11 is 4.77. The predicted octanol–water partition coefficient (Wildman–Crippen LogP) is 4.72. The Morgan fingerprint density at radius 3 is 2.77 bits per heavy atom. The van der Waals surface area contributed by atoms with Crippen LogP contribution >= 0.6 is 27.3 Å². The van der Waals surface area contributed by atoms with Crippen molar-refractivity contribution >= 4 is 38.6 Å². The number of thiazole rings is 1. The molecule has 0 unspecified atom stereocenters. The number of aromatic nitrogens is 1. The van der Waals surface area contributed by atoms with Crippen LogP contribution in [0.1, 0.15) is 5.56 Å². The lowest BCUT2D eigenvalue weighted by Crippen LogP contribution is -1.90. The maximum absolute atomic E-state index is 9.44. The molecular formula is C16H12BrN3OS. The molecule has 4 nitrogen and oxygen atoms in total. The van der Waals surface area contributed by atoms with Gasteiger partial charge in [-0.2, -0.15) is 5.10 Å². The highest BCUT2D eigenvalue weighted by Gasteiger charge is 2.03. The molecular weight excluding hydrogens is 362 g/mol. The topological polar surface area (TPSA) is 57.5 Å². The Kier molecular flexibility index (Phi) is 4.50. The van der Waals surface area contributed by atoms with E-state index in [0.29, 0.717) is 4.47 Å². The van der Waals surface area contributed by atoms with Crippen molar-refractivity contribution in [1.29, 1.82) is 0 Å². The van der Waals surface area contributed by atoms with Gasteiger partial charge in [0.05, 0.1) is 16.4 Å². The molecule has 22 heavy (non-hydrogen) atoms. The largest absolute Gasteiger partial charge is 0.507 e. The molecule has 0 spiro atoms. The van der Waals surface area contributed by atoms with Crippen LogP contribution in [0.4, 0.5) is 5.13 Å². The van der Waals surface area contributed by atoms with Crippen LogP contribution < -0.4 is 5.43 Å². The summed E-state index contributed by atoms with van der Waals surface area (Å²) in [6.07, 6.45) is 1.67. The summed E-state index contributed by atoms with van der Waals surface area (Å²) < 4.78 is 0.636. The fraction of sp³-hybridized carbons (Fsp3) is 0. The van der Waals surface area contributed by atoms with Crippen molar-refractivity contribution in [2.24, 2.45) is 5.10 Å². The van der Waals surface area contributed by atoms with Crippen LogP contribution in [0.3, 0.4) is 0 Å². The zero-order valence-corrected chi connectivity index (χ0v) is 13.8. The first-order chi connectivity index (χ1) is 10.7. The van der Waals surface area contributed by atoms with Crippen molar-refractivity contribution < 1.29 is 5.11 Å². The van der Waals surface area contributed by atoms with Crippen LogP contribution in [0.15, 0.2) is 63.5 Å². The first kappa shape index (κ1) is 14.7. The highest BCUT2D eigenvalue weighted by molar-refractivity contribution is 9.10. The van der Waals surface area contributed by atoms with E-state index in [1.807, 2.05) is 35.7 Å². The number of phenols is 1. The normalized spacial score (nSPS) is 11.0. The van der Waals surface area contributed by atoms with Gasteiger partial charge in [0, 0.05) is 10.9 Å². The summed E-state index contributed by atoms with van der Waals surface area (Å²) in [5.41, 5.74) is 5.80. The summed E-state index contributed by atoms with van der Waals surface area (Å²) in [4.78, 5) is 4.49. The van der Waals surface area contributed by atoms with Gasteiger partial charge in [-0.15, -0.1) is 11.3 Å². The van der Waals surface area contributed by atoms with E-state index in [9.17, 15) is 5.11 Å². The molecule has 2 aromatic carbocycles. The van der Waals surface area contributed by atoms with E-state index in [2.05, 4.69) is 31.4 Å². The van der Waals surface area contributed by atoms with Gasteiger partial charge < -0.3 is 5.11 Å². The number of phenolic OH excluding ortho intramolecular Hbond substituents is 1. The van der Waals surface area contributed by atoms with Crippen molar-refractivity contribution in [2.45, 2.75) is 0 Å². The SMILES string of the molecule is Oc1ccc(/C=N\Nc2nc(-c3ccccc3)cs2)cc1Br. The molecule has 3 aromatic rings. The maximum atomic E-state index is 9.44. The lowest BCUT2D eigenvalue weighted by molar-refractivity contribution is 0.472. The zero-order valence-electron chi connectivity index (χ0n) is 11.4. The van der Waals surface area contributed by atoms with Gasteiger partial charge in [0.25, 0.3) is 0 Å². The summed E-state index contributed by atoms with van der Waals surface area (Å²) in [6, 6.07) is 15.2. The number of halogens is 1. The fourth-order valence-electron chi connectivity index (χ4n) is 1.83. The van der Waals surface area contributed by atoms with Gasteiger partial charge in [0.15, 0.2) is 0 Å². The molecule has 1 heterocycles. The lowest BCUT2D eigenvalue weighted by atomic mass is 10.2. The quantitative estimate of drug-likeness (QED) is 0.513. The summed E-state index contributed by atoms with van der Waals surface area (Å²) in [5, 5.41) is 16.3. The van der Waals surface area contributed by atoms with Crippen LogP contribution in [0.5, 0.6) is 5.75 Å². The molecule has 0 fully saturated rings. The molecule has 3 rings (SSSR count). The molecule has 0 amide bonds. The van der Waals surface area contributed by atoms with Crippen LogP contribution in [-0.2, 0) is 0 Å². The molecule has 0 saturated heterocycles. The molecule has 110 valence electrons. The Labute approximate surface area is 140 Å². The average Bonchev–Trinajstić information content (AvgIpc) is 3.01. The van der Waals surface area contributed by atoms with Crippen molar-refractivity contribution in [3.63, 3.8) is 0 Å². The number of aromatic hydroxyl groups is 1. The minimum atomic E-state index is 0.206. The molecule has 6 heteroatoms. The van der Waals surface area contributed by atoms with Crippen LogP contribution in [0.25, 0.3) is 11.3 Å². The van der Waals surface area contributed by atoms with E-state index in [4.69, 9.17) is 0 Å². The second kappa shape index (κ2) is 6.72. The standard InChI is InChI=1S/C16H12BrN3OS/c17-13-8-11(6-7-15(13)21)9-18-20-16-19-14(10-22-16)12-4-2-1-3-5-12/h1-10,21H,(H,19,20)/b18-9-. The lowest BCUT2D eigenvalue weighted by Gasteiger charge is -1.98. The number of benzene rings is 2. The van der Waals surface area contributed by atoms with Crippen molar-refractivity contribution in [3.05, 3.63) is 63.9 Å². The monoisotopic (exact) mass is 373 g/mol. The number of hydrogen-bond acceptors (Lipinski definition) is 5. The van der Waals surface area contributed by atoms with Crippen LogP contribution in [0.2, 0.25) is 0 Å².